The molecule has 0 spiro atoms. The fraction of sp³-hybridized carbons (Fsp3) is 0.0588. The predicted octanol–water partition coefficient (Wildman–Crippen LogP) is 3.84. The summed E-state index contributed by atoms with van der Waals surface area (Å²) in [5, 5.41) is 1.28. The smallest absolute Gasteiger partial charge is 0.379 e. The zero-order valence-corrected chi connectivity index (χ0v) is 12.5. The Balaban J connectivity index is 2.27. The lowest BCUT2D eigenvalue weighted by Gasteiger charge is -2.03. The van der Waals surface area contributed by atoms with E-state index in [-0.39, 0.29) is 0 Å². The second kappa shape index (κ2) is 5.66. The Hall–Kier alpha value is -2.59. The van der Waals surface area contributed by atoms with Gasteiger partial charge in [0.1, 0.15) is 0 Å². The van der Waals surface area contributed by atoms with Crippen molar-refractivity contribution in [1.82, 2.24) is 4.98 Å². The van der Waals surface area contributed by atoms with E-state index in [0.29, 0.717) is 21.7 Å². The number of fused-ring (bicyclic) bond motifs is 1. The molecule has 0 unspecified atom stereocenters. The van der Waals surface area contributed by atoms with Crippen LogP contribution in [0.25, 0.3) is 22.2 Å². The van der Waals surface area contributed by atoms with Crippen LogP contribution >= 0.6 is 11.6 Å². The van der Waals surface area contributed by atoms with Gasteiger partial charge < -0.3 is 9.72 Å². The molecule has 3 rings (SSSR count). The number of aromatic amines is 1. The number of ketones is 1. The molecule has 0 amide bonds. The lowest BCUT2D eigenvalue weighted by atomic mass is 10.0. The molecular formula is C17H12ClNO3. The summed E-state index contributed by atoms with van der Waals surface area (Å²) < 4.78 is 4.57. The third kappa shape index (κ3) is 2.38. The Kier molecular flexibility index (Phi) is 3.69. The summed E-state index contributed by atoms with van der Waals surface area (Å²) in [6.07, 6.45) is 0. The first-order valence-electron chi connectivity index (χ1n) is 6.61. The third-order valence-electron chi connectivity index (χ3n) is 3.44. The molecule has 1 heterocycles. The first-order chi connectivity index (χ1) is 10.6. The minimum absolute atomic E-state index is 0.310. The second-order valence-corrected chi connectivity index (χ2v) is 5.18. The van der Waals surface area contributed by atoms with Crippen LogP contribution in [0.2, 0.25) is 5.02 Å². The van der Waals surface area contributed by atoms with Gasteiger partial charge in [0.15, 0.2) is 0 Å². The van der Waals surface area contributed by atoms with Crippen molar-refractivity contribution in [3.63, 3.8) is 0 Å². The average Bonchev–Trinajstić information content (AvgIpc) is 2.93. The Morgan fingerprint density at radius 1 is 1.05 bits per heavy atom. The first-order valence-corrected chi connectivity index (χ1v) is 6.99. The summed E-state index contributed by atoms with van der Waals surface area (Å²) in [7, 11) is 1.19. The summed E-state index contributed by atoms with van der Waals surface area (Å²) >= 11 is 5.90. The van der Waals surface area contributed by atoms with E-state index in [9.17, 15) is 9.59 Å². The Morgan fingerprint density at radius 3 is 2.41 bits per heavy atom. The van der Waals surface area contributed by atoms with Crippen LogP contribution in [0.4, 0.5) is 0 Å². The highest BCUT2D eigenvalue weighted by Gasteiger charge is 2.25. The second-order valence-electron chi connectivity index (χ2n) is 4.75. The molecule has 0 radical (unpaired) electrons. The van der Waals surface area contributed by atoms with Crippen LogP contribution in [0.15, 0.2) is 48.5 Å². The van der Waals surface area contributed by atoms with Crippen LogP contribution in [0, 0.1) is 0 Å². The molecule has 0 saturated carbocycles. The van der Waals surface area contributed by atoms with Gasteiger partial charge in [-0.15, -0.1) is 0 Å². The van der Waals surface area contributed by atoms with Crippen LogP contribution in [0.1, 0.15) is 10.4 Å². The molecular weight excluding hydrogens is 302 g/mol. The summed E-state index contributed by atoms with van der Waals surface area (Å²) in [5.41, 5.74) is 2.44. The third-order valence-corrected chi connectivity index (χ3v) is 3.69. The molecule has 2 aromatic carbocycles. The van der Waals surface area contributed by atoms with E-state index < -0.39 is 11.8 Å². The lowest BCUT2D eigenvalue weighted by molar-refractivity contribution is -0.135. The monoisotopic (exact) mass is 313 g/mol. The molecule has 1 N–H and O–H groups in total. The number of hydrogen-bond acceptors (Lipinski definition) is 3. The molecule has 0 aliphatic rings. The number of esters is 1. The van der Waals surface area contributed by atoms with Gasteiger partial charge in [-0.25, -0.2) is 4.79 Å². The Bertz CT molecular complexity index is 865. The van der Waals surface area contributed by atoms with E-state index in [0.717, 1.165) is 11.1 Å². The molecule has 0 aliphatic carbocycles. The molecule has 22 heavy (non-hydrogen) atoms. The quantitative estimate of drug-likeness (QED) is 0.454. The van der Waals surface area contributed by atoms with Crippen molar-refractivity contribution in [2.75, 3.05) is 7.11 Å². The minimum atomic E-state index is -0.889. The Morgan fingerprint density at radius 2 is 1.73 bits per heavy atom. The Labute approximate surface area is 131 Å². The normalized spacial score (nSPS) is 10.6. The van der Waals surface area contributed by atoms with Crippen molar-refractivity contribution in [2.45, 2.75) is 0 Å². The number of halogens is 1. The molecule has 0 fully saturated rings. The number of hydrogen-bond donors (Lipinski definition) is 1. The van der Waals surface area contributed by atoms with E-state index in [1.807, 2.05) is 18.2 Å². The van der Waals surface area contributed by atoms with E-state index in [1.54, 1.807) is 30.3 Å². The van der Waals surface area contributed by atoms with Crippen molar-refractivity contribution in [3.8, 4) is 11.3 Å². The fourth-order valence-corrected chi connectivity index (χ4v) is 2.53. The zero-order chi connectivity index (χ0) is 15.7. The average molecular weight is 314 g/mol. The van der Waals surface area contributed by atoms with Crippen molar-refractivity contribution < 1.29 is 14.3 Å². The van der Waals surface area contributed by atoms with Gasteiger partial charge in [-0.2, -0.15) is 0 Å². The number of carbonyl (C=O) groups is 2. The summed E-state index contributed by atoms with van der Waals surface area (Å²) in [6.45, 7) is 0. The van der Waals surface area contributed by atoms with Gasteiger partial charge in [-0.05, 0) is 23.8 Å². The van der Waals surface area contributed by atoms with Gasteiger partial charge in [0.2, 0.25) is 0 Å². The largest absolute Gasteiger partial charge is 0.463 e. The number of ether oxygens (including phenoxy) is 1. The molecule has 3 aromatic rings. The van der Waals surface area contributed by atoms with Gasteiger partial charge >= 0.3 is 5.97 Å². The number of Topliss-reactive ketones (excluding diaryl/α,β-unsaturated/α-hetero) is 1. The molecule has 5 heteroatoms. The van der Waals surface area contributed by atoms with Gasteiger partial charge in [-0.3, -0.25) is 4.79 Å². The van der Waals surface area contributed by atoms with Crippen molar-refractivity contribution in [3.05, 3.63) is 59.1 Å². The van der Waals surface area contributed by atoms with Gasteiger partial charge in [0, 0.05) is 15.9 Å². The first kappa shape index (κ1) is 14.4. The zero-order valence-electron chi connectivity index (χ0n) is 11.7. The number of para-hydroxylation sites is 1. The highest BCUT2D eigenvalue weighted by Crippen LogP contribution is 2.31. The highest BCUT2D eigenvalue weighted by molar-refractivity contribution is 6.44. The van der Waals surface area contributed by atoms with Gasteiger partial charge in [0.05, 0.1) is 18.4 Å². The molecule has 0 bridgehead atoms. The molecule has 4 nitrogen and oxygen atoms in total. The highest BCUT2D eigenvalue weighted by atomic mass is 35.5. The summed E-state index contributed by atoms with van der Waals surface area (Å²) in [4.78, 5) is 27.3. The number of carbonyl (C=O) groups excluding carboxylic acids is 2. The predicted molar refractivity (Wildman–Crippen MR) is 85.1 cm³/mol. The standard InChI is InChI=1S/C17H12ClNO3/c1-22-17(21)16(20)14-12-4-2-3-5-13(12)19-15(14)10-6-8-11(18)9-7-10/h2-9,19H,1H3. The number of rotatable bonds is 3. The van der Waals surface area contributed by atoms with Crippen molar-refractivity contribution >= 4 is 34.3 Å². The van der Waals surface area contributed by atoms with Crippen LogP contribution in [-0.4, -0.2) is 23.8 Å². The number of H-pyrrole nitrogens is 1. The minimum Gasteiger partial charge on any atom is -0.463 e. The number of nitrogens with one attached hydrogen (secondary N) is 1. The molecule has 110 valence electrons. The number of aromatic nitrogens is 1. The molecule has 0 aliphatic heterocycles. The van der Waals surface area contributed by atoms with Crippen molar-refractivity contribution in [1.29, 1.82) is 0 Å². The molecule has 0 saturated heterocycles. The van der Waals surface area contributed by atoms with Crippen LogP contribution in [0.5, 0.6) is 0 Å². The van der Waals surface area contributed by atoms with Crippen LogP contribution in [0.3, 0.4) is 0 Å². The van der Waals surface area contributed by atoms with E-state index >= 15 is 0 Å². The SMILES string of the molecule is COC(=O)C(=O)c1c(-c2ccc(Cl)cc2)[nH]c2ccccc12. The maximum Gasteiger partial charge on any atom is 0.379 e. The lowest BCUT2D eigenvalue weighted by Crippen LogP contribution is -2.16. The topological polar surface area (TPSA) is 59.2 Å². The number of methoxy groups -OCH3 is 1. The van der Waals surface area contributed by atoms with E-state index in [1.165, 1.54) is 7.11 Å². The maximum absolute atomic E-state index is 12.4. The molecule has 0 atom stereocenters. The maximum atomic E-state index is 12.4. The summed E-state index contributed by atoms with van der Waals surface area (Å²) in [6, 6.07) is 14.4. The van der Waals surface area contributed by atoms with E-state index in [4.69, 9.17) is 11.6 Å². The van der Waals surface area contributed by atoms with Crippen molar-refractivity contribution in [2.24, 2.45) is 0 Å². The van der Waals surface area contributed by atoms with Crippen LogP contribution in [-0.2, 0) is 9.53 Å². The van der Waals surface area contributed by atoms with Gasteiger partial charge in [-0.1, -0.05) is 41.9 Å². The van der Waals surface area contributed by atoms with E-state index in [2.05, 4.69) is 9.72 Å². The van der Waals surface area contributed by atoms with Crippen LogP contribution < -0.4 is 0 Å². The summed E-state index contributed by atoms with van der Waals surface area (Å²) in [5.74, 6) is -1.56. The number of benzene rings is 2. The molecule has 1 aromatic heterocycles. The van der Waals surface area contributed by atoms with Gasteiger partial charge in [0.25, 0.3) is 5.78 Å². The fourth-order valence-electron chi connectivity index (χ4n) is 2.41.